The van der Waals surface area contributed by atoms with Crippen molar-refractivity contribution < 1.29 is 19.1 Å². The van der Waals surface area contributed by atoms with Crippen LogP contribution in [0.25, 0.3) is 11.3 Å². The number of nitrogens with zero attached hydrogens (tertiary/aromatic N) is 2. The molecular weight excluding hydrogens is 414 g/mol. The number of para-hydroxylation sites is 2. The van der Waals surface area contributed by atoms with Crippen molar-refractivity contribution in [2.75, 3.05) is 31.0 Å². The topological polar surface area (TPSA) is 80.8 Å². The Morgan fingerprint density at radius 1 is 1.13 bits per heavy atom. The van der Waals surface area contributed by atoms with Crippen LogP contribution in [-0.2, 0) is 9.59 Å². The Hall–Kier alpha value is -3.39. The summed E-state index contributed by atoms with van der Waals surface area (Å²) in [5.74, 6) is 0.623. The van der Waals surface area contributed by atoms with Gasteiger partial charge in [0, 0.05) is 23.4 Å². The van der Waals surface area contributed by atoms with Crippen LogP contribution in [0.3, 0.4) is 0 Å². The van der Waals surface area contributed by atoms with Crippen LogP contribution in [-0.4, -0.2) is 37.6 Å². The van der Waals surface area contributed by atoms with Gasteiger partial charge in [-0.2, -0.15) is 0 Å². The maximum atomic E-state index is 12.9. The van der Waals surface area contributed by atoms with E-state index >= 15 is 0 Å². The minimum atomic E-state index is -0.453. The van der Waals surface area contributed by atoms with E-state index in [0.29, 0.717) is 23.1 Å². The maximum absolute atomic E-state index is 12.9. The lowest BCUT2D eigenvalue weighted by molar-refractivity contribution is -0.122. The zero-order valence-electron chi connectivity index (χ0n) is 17.5. The average Bonchev–Trinajstić information content (AvgIpc) is 3.36. The minimum Gasteiger partial charge on any atom is -0.497 e. The molecule has 0 spiro atoms. The molecule has 1 N–H and O–H groups in total. The normalized spacial score (nSPS) is 15.8. The van der Waals surface area contributed by atoms with Gasteiger partial charge < -0.3 is 19.7 Å². The smallest absolute Gasteiger partial charge is 0.231 e. The van der Waals surface area contributed by atoms with E-state index in [1.54, 1.807) is 25.2 Å². The zero-order chi connectivity index (χ0) is 22.0. The number of hydrogen-bond donors (Lipinski definition) is 1. The van der Waals surface area contributed by atoms with Crippen molar-refractivity contribution in [3.05, 3.63) is 53.4 Å². The fraction of sp³-hybridized carbons (Fsp3) is 0.261. The van der Waals surface area contributed by atoms with Crippen LogP contribution in [0.4, 0.5) is 10.8 Å². The first-order chi connectivity index (χ1) is 15.0. The molecule has 2 amide bonds. The van der Waals surface area contributed by atoms with Crippen LogP contribution in [0, 0.1) is 12.8 Å². The van der Waals surface area contributed by atoms with Crippen molar-refractivity contribution in [2.45, 2.75) is 13.3 Å². The molecule has 0 radical (unpaired) electrons. The van der Waals surface area contributed by atoms with E-state index in [0.717, 1.165) is 21.9 Å². The molecule has 1 saturated heterocycles. The van der Waals surface area contributed by atoms with E-state index in [2.05, 4.69) is 10.3 Å². The number of thiazole rings is 1. The number of carbonyl (C=O) groups excluding carboxylic acids is 2. The maximum Gasteiger partial charge on any atom is 0.231 e. The first-order valence-corrected chi connectivity index (χ1v) is 10.7. The molecule has 0 bridgehead atoms. The SMILES string of the molecule is COc1ccc(-c2nc(NC(=O)[C@H]3CC(=O)N(c4ccccc4OC)C3)sc2C)cc1. The Morgan fingerprint density at radius 2 is 1.87 bits per heavy atom. The summed E-state index contributed by atoms with van der Waals surface area (Å²) in [6.07, 6.45) is 0.152. The molecule has 0 unspecified atom stereocenters. The number of hydrogen-bond acceptors (Lipinski definition) is 6. The summed E-state index contributed by atoms with van der Waals surface area (Å²) in [6.45, 7) is 2.27. The minimum absolute atomic E-state index is 0.0982. The fourth-order valence-electron chi connectivity index (χ4n) is 3.64. The molecule has 8 heteroatoms. The van der Waals surface area contributed by atoms with Gasteiger partial charge in [-0.05, 0) is 43.3 Å². The molecular formula is C23H23N3O4S. The molecule has 1 aliphatic rings. The highest BCUT2D eigenvalue weighted by molar-refractivity contribution is 7.16. The monoisotopic (exact) mass is 437 g/mol. The summed E-state index contributed by atoms with van der Waals surface area (Å²) in [7, 11) is 3.19. The molecule has 2 heterocycles. The highest BCUT2D eigenvalue weighted by Crippen LogP contribution is 2.34. The number of anilines is 2. The largest absolute Gasteiger partial charge is 0.497 e. The third kappa shape index (κ3) is 4.25. The Bertz CT molecular complexity index is 1110. The standard InChI is InChI=1S/C23H23N3O4S/c1-14-21(15-8-10-17(29-2)11-9-15)24-23(31-14)25-22(28)16-12-20(27)26(13-16)18-6-4-5-7-19(18)30-3/h4-11,16H,12-13H2,1-3H3,(H,24,25,28)/t16-/m0/s1. The van der Waals surface area contributed by atoms with E-state index in [4.69, 9.17) is 9.47 Å². The zero-order valence-corrected chi connectivity index (χ0v) is 18.4. The van der Waals surface area contributed by atoms with Gasteiger partial charge in [-0.1, -0.05) is 12.1 Å². The Balaban J connectivity index is 1.47. The third-order valence-electron chi connectivity index (χ3n) is 5.26. The molecule has 160 valence electrons. The number of aromatic nitrogens is 1. The molecule has 31 heavy (non-hydrogen) atoms. The average molecular weight is 438 g/mol. The molecule has 4 rings (SSSR count). The Kier molecular flexibility index (Phi) is 5.90. The third-order valence-corrected chi connectivity index (χ3v) is 6.15. The Labute approximate surface area is 184 Å². The lowest BCUT2D eigenvalue weighted by Gasteiger charge is -2.19. The first kappa shape index (κ1) is 20.9. The molecule has 2 aromatic carbocycles. The number of ether oxygens (including phenoxy) is 2. The van der Waals surface area contributed by atoms with E-state index in [9.17, 15) is 9.59 Å². The van der Waals surface area contributed by atoms with Gasteiger partial charge in [0.25, 0.3) is 0 Å². The summed E-state index contributed by atoms with van der Waals surface area (Å²) in [4.78, 5) is 32.6. The van der Waals surface area contributed by atoms with Crippen LogP contribution in [0.15, 0.2) is 48.5 Å². The highest BCUT2D eigenvalue weighted by Gasteiger charge is 2.36. The van der Waals surface area contributed by atoms with Gasteiger partial charge in [-0.25, -0.2) is 4.98 Å². The van der Waals surface area contributed by atoms with Crippen LogP contribution in [0.5, 0.6) is 11.5 Å². The van der Waals surface area contributed by atoms with Gasteiger partial charge in [-0.3, -0.25) is 9.59 Å². The lowest BCUT2D eigenvalue weighted by Crippen LogP contribution is -2.28. The molecule has 1 aromatic heterocycles. The van der Waals surface area contributed by atoms with Crippen molar-refractivity contribution in [3.63, 3.8) is 0 Å². The Morgan fingerprint density at radius 3 is 2.58 bits per heavy atom. The number of amides is 2. The van der Waals surface area contributed by atoms with Crippen molar-refractivity contribution in [1.82, 2.24) is 4.98 Å². The fourth-order valence-corrected chi connectivity index (χ4v) is 4.48. The predicted molar refractivity (Wildman–Crippen MR) is 121 cm³/mol. The second-order valence-corrected chi connectivity index (χ2v) is 8.42. The van der Waals surface area contributed by atoms with E-state index in [-0.39, 0.29) is 18.2 Å². The van der Waals surface area contributed by atoms with Gasteiger partial charge in [0.1, 0.15) is 11.5 Å². The van der Waals surface area contributed by atoms with Crippen LogP contribution < -0.4 is 19.7 Å². The van der Waals surface area contributed by atoms with Gasteiger partial charge in [-0.15, -0.1) is 11.3 Å². The van der Waals surface area contributed by atoms with E-state index < -0.39 is 5.92 Å². The van der Waals surface area contributed by atoms with E-state index in [1.165, 1.54) is 11.3 Å². The van der Waals surface area contributed by atoms with Crippen LogP contribution in [0.2, 0.25) is 0 Å². The molecule has 0 saturated carbocycles. The lowest BCUT2D eigenvalue weighted by atomic mass is 10.1. The predicted octanol–water partition coefficient (Wildman–Crippen LogP) is 4.13. The summed E-state index contributed by atoms with van der Waals surface area (Å²) < 4.78 is 10.6. The summed E-state index contributed by atoms with van der Waals surface area (Å²) >= 11 is 1.42. The number of benzene rings is 2. The molecule has 1 atom stereocenters. The summed E-state index contributed by atoms with van der Waals surface area (Å²) in [5, 5.41) is 3.42. The molecule has 3 aromatic rings. The molecule has 1 fully saturated rings. The van der Waals surface area contributed by atoms with Crippen LogP contribution in [0.1, 0.15) is 11.3 Å². The number of nitrogens with one attached hydrogen (secondary N) is 1. The number of methoxy groups -OCH3 is 2. The second-order valence-electron chi connectivity index (χ2n) is 7.22. The molecule has 1 aliphatic heterocycles. The van der Waals surface area contributed by atoms with Crippen molar-refractivity contribution >= 4 is 34.0 Å². The number of aryl methyl sites for hydroxylation is 1. The number of rotatable bonds is 6. The summed E-state index contributed by atoms with van der Waals surface area (Å²) in [6, 6.07) is 14.9. The van der Waals surface area contributed by atoms with Gasteiger partial charge >= 0.3 is 0 Å². The highest BCUT2D eigenvalue weighted by atomic mass is 32.1. The van der Waals surface area contributed by atoms with Crippen molar-refractivity contribution in [3.8, 4) is 22.8 Å². The van der Waals surface area contributed by atoms with Gasteiger partial charge in [0.05, 0.1) is 31.5 Å². The summed E-state index contributed by atoms with van der Waals surface area (Å²) in [5.41, 5.74) is 2.45. The first-order valence-electron chi connectivity index (χ1n) is 9.86. The van der Waals surface area contributed by atoms with Gasteiger partial charge in [0.15, 0.2) is 5.13 Å². The quantitative estimate of drug-likeness (QED) is 0.627. The number of carbonyl (C=O) groups is 2. The second kappa shape index (κ2) is 8.77. The van der Waals surface area contributed by atoms with Crippen LogP contribution >= 0.6 is 11.3 Å². The van der Waals surface area contributed by atoms with Crippen molar-refractivity contribution in [2.24, 2.45) is 5.92 Å². The molecule has 7 nitrogen and oxygen atoms in total. The van der Waals surface area contributed by atoms with E-state index in [1.807, 2.05) is 49.4 Å². The van der Waals surface area contributed by atoms with Crippen molar-refractivity contribution in [1.29, 1.82) is 0 Å². The van der Waals surface area contributed by atoms with Gasteiger partial charge in [0.2, 0.25) is 11.8 Å². The molecule has 0 aliphatic carbocycles.